The number of aromatic nitrogens is 2. The molecule has 0 aliphatic carbocycles. The van der Waals surface area contributed by atoms with Gasteiger partial charge in [0.2, 0.25) is 0 Å². The number of carbonyl (C=O) groups is 2. The van der Waals surface area contributed by atoms with E-state index in [1.54, 1.807) is 22.6 Å². The number of nitrogens with one attached hydrogen (secondary N) is 1. The normalized spacial score (nSPS) is 10.7. The second-order valence-corrected chi connectivity index (χ2v) is 6.69. The van der Waals surface area contributed by atoms with Crippen molar-refractivity contribution in [1.29, 1.82) is 0 Å². The molecule has 0 saturated carbocycles. The average Bonchev–Trinajstić information content (AvgIpc) is 3.01. The van der Waals surface area contributed by atoms with E-state index in [0.29, 0.717) is 21.4 Å². The van der Waals surface area contributed by atoms with Gasteiger partial charge in [-0.2, -0.15) is 0 Å². The number of benzene rings is 1. The first-order chi connectivity index (χ1) is 12.5. The number of fused-ring (bicyclic) bond motifs is 1. The number of rotatable bonds is 5. The second-order valence-electron chi connectivity index (χ2n) is 5.51. The van der Waals surface area contributed by atoms with Gasteiger partial charge in [-0.3, -0.25) is 9.20 Å². The molecule has 8 heteroatoms. The maximum atomic E-state index is 12.3. The molecule has 0 aliphatic rings. The molecule has 1 N–H and O–H groups in total. The quantitative estimate of drug-likeness (QED) is 0.530. The molecule has 1 amide bonds. The summed E-state index contributed by atoms with van der Waals surface area (Å²) in [5.41, 5.74) is 2.26. The van der Waals surface area contributed by atoms with Crippen LogP contribution in [0, 0.1) is 6.92 Å². The summed E-state index contributed by atoms with van der Waals surface area (Å²) in [7, 11) is 0. The van der Waals surface area contributed by atoms with Crippen molar-refractivity contribution in [2.45, 2.75) is 12.1 Å². The van der Waals surface area contributed by atoms with Gasteiger partial charge in [-0.1, -0.05) is 35.5 Å². The van der Waals surface area contributed by atoms with Gasteiger partial charge in [0.25, 0.3) is 5.91 Å². The van der Waals surface area contributed by atoms with Gasteiger partial charge < -0.3 is 10.1 Å². The van der Waals surface area contributed by atoms with E-state index in [1.165, 1.54) is 11.8 Å². The smallest absolute Gasteiger partial charge is 0.359 e. The van der Waals surface area contributed by atoms with Crippen LogP contribution in [0.25, 0.3) is 5.52 Å². The van der Waals surface area contributed by atoms with Crippen molar-refractivity contribution in [3.63, 3.8) is 0 Å². The van der Waals surface area contributed by atoms with Crippen molar-refractivity contribution >= 4 is 46.4 Å². The summed E-state index contributed by atoms with van der Waals surface area (Å²) >= 11 is 7.49. The Bertz CT molecular complexity index is 987. The molecule has 0 radical (unpaired) electrons. The third kappa shape index (κ3) is 3.84. The highest BCUT2D eigenvalue weighted by Gasteiger charge is 2.19. The van der Waals surface area contributed by atoms with Crippen molar-refractivity contribution in [1.82, 2.24) is 9.38 Å². The summed E-state index contributed by atoms with van der Waals surface area (Å²) in [5.74, 6) is -1.13. The number of pyridine rings is 1. The van der Waals surface area contributed by atoms with Crippen LogP contribution in [0.2, 0.25) is 5.02 Å². The van der Waals surface area contributed by atoms with Crippen LogP contribution in [0.1, 0.15) is 16.1 Å². The lowest BCUT2D eigenvalue weighted by Gasteiger charge is -2.08. The van der Waals surface area contributed by atoms with E-state index >= 15 is 0 Å². The van der Waals surface area contributed by atoms with Gasteiger partial charge in [-0.25, -0.2) is 9.78 Å². The molecule has 1 aromatic carbocycles. The van der Waals surface area contributed by atoms with Gasteiger partial charge >= 0.3 is 5.97 Å². The Morgan fingerprint density at radius 3 is 2.85 bits per heavy atom. The monoisotopic (exact) mass is 389 g/mol. The molecule has 2 heterocycles. The van der Waals surface area contributed by atoms with Crippen LogP contribution in [0.3, 0.4) is 0 Å². The van der Waals surface area contributed by atoms with E-state index in [-0.39, 0.29) is 5.69 Å². The third-order valence-electron chi connectivity index (χ3n) is 3.62. The fraction of sp³-hybridized carbons (Fsp3) is 0.167. The van der Waals surface area contributed by atoms with Gasteiger partial charge in [0.05, 0.1) is 16.2 Å². The zero-order chi connectivity index (χ0) is 18.7. The Balaban J connectivity index is 1.68. The molecular weight excluding hydrogens is 374 g/mol. The largest absolute Gasteiger partial charge is 0.451 e. The van der Waals surface area contributed by atoms with E-state index in [1.807, 2.05) is 37.6 Å². The lowest BCUT2D eigenvalue weighted by molar-refractivity contribution is -0.119. The molecule has 0 bridgehead atoms. The Kier molecular flexibility index (Phi) is 5.49. The average molecular weight is 390 g/mol. The van der Waals surface area contributed by atoms with Gasteiger partial charge in [0, 0.05) is 6.20 Å². The molecule has 3 rings (SSSR count). The molecule has 3 aromatic rings. The van der Waals surface area contributed by atoms with E-state index in [0.717, 1.165) is 5.56 Å². The van der Waals surface area contributed by atoms with Crippen molar-refractivity contribution in [2.75, 3.05) is 18.2 Å². The molecule has 0 spiro atoms. The van der Waals surface area contributed by atoms with Gasteiger partial charge in [0.15, 0.2) is 17.5 Å². The van der Waals surface area contributed by atoms with Crippen LogP contribution in [0.15, 0.2) is 47.8 Å². The summed E-state index contributed by atoms with van der Waals surface area (Å²) in [6.45, 7) is 1.47. The molecule has 6 nitrogen and oxygen atoms in total. The third-order valence-corrected chi connectivity index (χ3v) is 4.59. The number of nitrogens with zero attached hydrogens (tertiary/aromatic N) is 2. The van der Waals surface area contributed by atoms with Crippen LogP contribution < -0.4 is 5.32 Å². The number of halogens is 1. The minimum absolute atomic E-state index is 0.177. The molecule has 134 valence electrons. The minimum atomic E-state index is -0.654. The molecule has 2 aromatic heterocycles. The van der Waals surface area contributed by atoms with Crippen molar-refractivity contribution < 1.29 is 14.3 Å². The van der Waals surface area contributed by atoms with Gasteiger partial charge in [-0.05, 0) is 43.0 Å². The van der Waals surface area contributed by atoms with Crippen molar-refractivity contribution in [3.05, 3.63) is 58.9 Å². The lowest BCUT2D eigenvalue weighted by atomic mass is 10.2. The van der Waals surface area contributed by atoms with Gasteiger partial charge in [-0.15, -0.1) is 0 Å². The number of esters is 1. The molecule has 0 unspecified atom stereocenters. The number of hydrogen-bond donors (Lipinski definition) is 1. The Morgan fingerprint density at radius 2 is 2.12 bits per heavy atom. The Hall–Kier alpha value is -2.51. The highest BCUT2D eigenvalue weighted by molar-refractivity contribution is 7.98. The summed E-state index contributed by atoms with van der Waals surface area (Å²) in [4.78, 5) is 28.7. The van der Waals surface area contributed by atoms with Crippen LogP contribution in [0.5, 0.6) is 0 Å². The number of imidazole rings is 1. The molecule has 26 heavy (non-hydrogen) atoms. The van der Waals surface area contributed by atoms with E-state index in [4.69, 9.17) is 16.3 Å². The Morgan fingerprint density at radius 1 is 1.31 bits per heavy atom. The highest BCUT2D eigenvalue weighted by atomic mass is 35.5. The predicted octanol–water partition coefficient (Wildman–Crippen LogP) is 3.81. The van der Waals surface area contributed by atoms with Crippen LogP contribution in [0.4, 0.5) is 5.69 Å². The fourth-order valence-electron chi connectivity index (χ4n) is 2.41. The second kappa shape index (κ2) is 7.80. The number of carbonyl (C=O) groups excluding carboxylic acids is 2. The van der Waals surface area contributed by atoms with Crippen LogP contribution in [-0.2, 0) is 9.53 Å². The summed E-state index contributed by atoms with van der Waals surface area (Å²) in [5, 5.41) is 3.72. The summed E-state index contributed by atoms with van der Waals surface area (Å²) in [6.07, 6.45) is 3.69. The number of amides is 1. The number of aryl methyl sites for hydroxylation is 1. The topological polar surface area (TPSA) is 72.7 Å². The number of hydrogen-bond acceptors (Lipinski definition) is 5. The molecule has 0 aliphatic heterocycles. The maximum Gasteiger partial charge on any atom is 0.359 e. The highest BCUT2D eigenvalue weighted by Crippen LogP contribution is 2.23. The zero-order valence-corrected chi connectivity index (χ0v) is 15.7. The number of anilines is 1. The van der Waals surface area contributed by atoms with Crippen LogP contribution in [-0.4, -0.2) is 34.1 Å². The van der Waals surface area contributed by atoms with E-state index in [2.05, 4.69) is 10.3 Å². The Labute approximate surface area is 159 Å². The molecular formula is C18H16ClN3O3S. The summed E-state index contributed by atoms with van der Waals surface area (Å²) < 4.78 is 6.91. The maximum absolute atomic E-state index is 12.3. The van der Waals surface area contributed by atoms with Crippen molar-refractivity contribution in [2.24, 2.45) is 0 Å². The molecule has 0 atom stereocenters. The molecule has 0 saturated heterocycles. The lowest BCUT2D eigenvalue weighted by Crippen LogP contribution is -2.21. The van der Waals surface area contributed by atoms with Gasteiger partial charge in [0.1, 0.15) is 0 Å². The van der Waals surface area contributed by atoms with Crippen molar-refractivity contribution in [3.8, 4) is 0 Å². The van der Waals surface area contributed by atoms with E-state index < -0.39 is 18.5 Å². The van der Waals surface area contributed by atoms with E-state index in [9.17, 15) is 9.59 Å². The fourth-order valence-corrected chi connectivity index (χ4v) is 3.23. The number of ether oxygens (including phenoxy) is 1. The summed E-state index contributed by atoms with van der Waals surface area (Å²) in [6, 6.07) is 10.7. The standard InChI is InChI=1S/C18H16ClN3O3S/c1-11-6-7-13(12(19)9-11)20-15(23)10-25-17(24)16-14-5-3-4-8-22(14)18(21-16)26-2/h3-9H,10H2,1-2H3,(H,20,23). The predicted molar refractivity (Wildman–Crippen MR) is 102 cm³/mol. The van der Waals surface area contributed by atoms with Crippen LogP contribution >= 0.6 is 23.4 Å². The molecule has 0 fully saturated rings. The zero-order valence-electron chi connectivity index (χ0n) is 14.2. The first-order valence-electron chi connectivity index (χ1n) is 7.74. The first-order valence-corrected chi connectivity index (χ1v) is 9.34. The minimum Gasteiger partial charge on any atom is -0.451 e. The number of thioether (sulfide) groups is 1. The first kappa shape index (κ1) is 18.3. The SMILES string of the molecule is CSc1nc(C(=O)OCC(=O)Nc2ccc(C)cc2Cl)c2ccccn12.